The van der Waals surface area contributed by atoms with Gasteiger partial charge in [0.25, 0.3) is 15.4 Å². The first-order chi connectivity index (χ1) is 22.9. The Morgan fingerprint density at radius 1 is 1.02 bits per heavy atom. The van der Waals surface area contributed by atoms with Crippen molar-refractivity contribution in [3.05, 3.63) is 75.7 Å². The number of aryl methyl sites for hydroxylation is 1. The Kier molecular flexibility index (Phi) is 14.3. The largest absolute Gasteiger partial charge is 0.416 e. The van der Waals surface area contributed by atoms with Crippen LogP contribution in [0.25, 0.3) is 0 Å². The van der Waals surface area contributed by atoms with E-state index in [0.717, 1.165) is 36.5 Å². The smallest absolute Gasteiger partial charge is 0.300 e. The van der Waals surface area contributed by atoms with Crippen molar-refractivity contribution in [1.82, 2.24) is 15.1 Å². The van der Waals surface area contributed by atoms with Crippen molar-refractivity contribution in [3.8, 4) is 11.8 Å². The van der Waals surface area contributed by atoms with E-state index in [1.165, 1.54) is 12.1 Å². The van der Waals surface area contributed by atoms with E-state index in [4.69, 9.17) is 4.55 Å². The zero-order valence-corrected chi connectivity index (χ0v) is 28.8. The summed E-state index contributed by atoms with van der Waals surface area (Å²) in [4.78, 5) is 21.0. The van der Waals surface area contributed by atoms with Gasteiger partial charge in [-0.05, 0) is 93.5 Å². The van der Waals surface area contributed by atoms with Gasteiger partial charge in [-0.15, -0.1) is 0 Å². The monoisotopic (exact) mass is 732 g/mol. The average Bonchev–Trinajstić information content (AvgIpc) is 3.37. The maximum atomic E-state index is 13.5. The highest BCUT2D eigenvalue weighted by Crippen LogP contribution is 2.38. The van der Waals surface area contributed by atoms with Crippen molar-refractivity contribution in [2.75, 3.05) is 39.3 Å². The minimum Gasteiger partial charge on any atom is -0.300 e. The van der Waals surface area contributed by atoms with Crippen LogP contribution in [0, 0.1) is 24.7 Å². The predicted molar refractivity (Wildman–Crippen MR) is 178 cm³/mol. The number of allylic oxidation sites excluding steroid dienone is 1. The van der Waals surface area contributed by atoms with Crippen LogP contribution in [0.2, 0.25) is 0 Å². The number of carbonyl (C=O) groups excluding carboxylic acids is 1. The van der Waals surface area contributed by atoms with Crippen LogP contribution in [-0.2, 0) is 29.0 Å². The lowest BCUT2D eigenvalue weighted by molar-refractivity contribution is -0.143. The highest BCUT2D eigenvalue weighted by atomic mass is 32.2. The third kappa shape index (κ3) is 12.8. The van der Waals surface area contributed by atoms with E-state index < -0.39 is 33.6 Å². The molecule has 2 aromatic carbocycles. The number of rotatable bonds is 8. The van der Waals surface area contributed by atoms with Crippen molar-refractivity contribution < 1.29 is 44.1 Å². The van der Waals surface area contributed by atoms with Crippen molar-refractivity contribution >= 4 is 33.0 Å². The topological polar surface area (TPSA) is 102 Å². The number of nitrogens with one attached hydrogen (secondary N) is 1. The van der Waals surface area contributed by atoms with Crippen LogP contribution >= 0.6 is 11.8 Å². The summed E-state index contributed by atoms with van der Waals surface area (Å²) in [5, 5.41) is 2.49. The zero-order chi connectivity index (χ0) is 36.4. The Bertz CT molecular complexity index is 1670. The Balaban J connectivity index is 0.000000501. The number of aliphatic imine (C=N–C) groups is 1. The molecule has 2 saturated heterocycles. The first kappa shape index (κ1) is 40.1. The number of nitrogens with zero attached hydrogens (tertiary/aromatic N) is 3. The Labute approximate surface area is 286 Å². The lowest BCUT2D eigenvalue weighted by atomic mass is 9.95. The van der Waals surface area contributed by atoms with Crippen LogP contribution in [0.5, 0.6) is 0 Å². The first-order valence-electron chi connectivity index (χ1n) is 15.4. The summed E-state index contributed by atoms with van der Waals surface area (Å²) in [7, 11) is -4.02. The highest BCUT2D eigenvalue weighted by molar-refractivity contribution is 8.18. The summed E-state index contributed by atoms with van der Waals surface area (Å²) in [6, 6.07) is 7.78. The number of alkyl halides is 6. The molecule has 2 N–H and O–H groups in total. The number of thioether (sulfide) groups is 1. The van der Waals surface area contributed by atoms with E-state index in [-0.39, 0.29) is 40.8 Å². The van der Waals surface area contributed by atoms with Gasteiger partial charge in [-0.25, -0.2) is 0 Å². The van der Waals surface area contributed by atoms with Gasteiger partial charge in [0.05, 0.1) is 27.5 Å². The van der Waals surface area contributed by atoms with E-state index in [9.17, 15) is 39.6 Å². The number of amidine groups is 1. The molecular formula is C33H38F6N4O4S2. The normalized spacial score (nSPS) is 17.9. The molecule has 8 nitrogen and oxygen atoms in total. The summed E-state index contributed by atoms with van der Waals surface area (Å²) < 4.78 is 109. The van der Waals surface area contributed by atoms with E-state index in [1.54, 1.807) is 17.0 Å². The number of amides is 1. The molecule has 1 amide bonds. The molecule has 0 radical (unpaired) electrons. The molecule has 2 aromatic rings. The third-order valence-electron chi connectivity index (χ3n) is 7.77. The molecule has 49 heavy (non-hydrogen) atoms. The molecule has 0 bridgehead atoms. The second-order valence-corrected chi connectivity index (χ2v) is 13.7. The fourth-order valence-electron chi connectivity index (χ4n) is 4.95. The fraction of sp³-hybridized carbons (Fsp3) is 0.455. The molecule has 2 heterocycles. The maximum Gasteiger partial charge on any atom is 0.416 e. The molecule has 2 aliphatic rings. The molecule has 0 unspecified atom stereocenters. The molecule has 4 rings (SSSR count). The van der Waals surface area contributed by atoms with E-state index in [2.05, 4.69) is 40.9 Å². The van der Waals surface area contributed by atoms with Gasteiger partial charge in [-0.2, -0.15) is 34.8 Å². The number of hydrogen-bond donors (Lipinski definition) is 2. The van der Waals surface area contributed by atoms with Crippen LogP contribution in [0.4, 0.5) is 31.1 Å². The number of benzene rings is 2. The number of hydrogen-bond acceptors (Lipinski definition) is 7. The number of halogens is 6. The van der Waals surface area contributed by atoms with Gasteiger partial charge in [-0.1, -0.05) is 55.5 Å². The minimum atomic E-state index is -4.88. The van der Waals surface area contributed by atoms with Crippen molar-refractivity contribution in [2.45, 2.75) is 57.4 Å². The molecule has 0 aromatic heterocycles. The van der Waals surface area contributed by atoms with Gasteiger partial charge in [0, 0.05) is 6.54 Å². The molecule has 2 aliphatic heterocycles. The number of carbonyl (C=O) groups is 1. The molecule has 0 saturated carbocycles. The van der Waals surface area contributed by atoms with Gasteiger partial charge in [0.2, 0.25) is 0 Å². The van der Waals surface area contributed by atoms with Crippen LogP contribution in [0.3, 0.4) is 0 Å². The Morgan fingerprint density at radius 2 is 1.65 bits per heavy atom. The van der Waals surface area contributed by atoms with Gasteiger partial charge >= 0.3 is 12.4 Å². The average molecular weight is 733 g/mol. The lowest BCUT2D eigenvalue weighted by Crippen LogP contribution is -2.33. The molecule has 0 aliphatic carbocycles. The summed E-state index contributed by atoms with van der Waals surface area (Å²) in [6.45, 7) is 9.54. The second kappa shape index (κ2) is 17.5. The quantitative estimate of drug-likeness (QED) is 0.167. The van der Waals surface area contributed by atoms with Gasteiger partial charge in [0.15, 0.2) is 0 Å². The molecule has 0 atom stereocenters. The van der Waals surface area contributed by atoms with Crippen LogP contribution in [0.1, 0.15) is 48.9 Å². The van der Waals surface area contributed by atoms with Crippen molar-refractivity contribution in [1.29, 1.82) is 0 Å². The summed E-state index contributed by atoms with van der Waals surface area (Å²) in [5.74, 6) is 6.62. The maximum absolute atomic E-state index is 13.5. The van der Waals surface area contributed by atoms with E-state index in [1.807, 2.05) is 13.0 Å². The Morgan fingerprint density at radius 3 is 2.20 bits per heavy atom. The standard InChI is InChI=1S/C26H30F6N4OS.C7H8O3S/c1-3-35(4-2)12-6-5-11-33-23-22(38-24(37)34-23)15-18-9-13-36(14-10-18)17-19-7-8-20(25(27,28)29)16-21(19)26(30,31)32;1-6-2-4-7(5-3-6)11(8,9)10/h7-8,15-16,18H,3-4,9-14,17H2,1-2H3,(H,33,34,37);2-5H,1H3,(H,8,9,10). The summed E-state index contributed by atoms with van der Waals surface area (Å²) >= 11 is 1.05. The minimum absolute atomic E-state index is 0.0666. The number of likely N-dealkylation sites (tertiary alicyclic amines) is 1. The summed E-state index contributed by atoms with van der Waals surface area (Å²) in [5.41, 5.74) is -1.80. The van der Waals surface area contributed by atoms with Gasteiger partial charge in [0.1, 0.15) is 12.4 Å². The lowest BCUT2D eigenvalue weighted by Gasteiger charge is -2.31. The van der Waals surface area contributed by atoms with Gasteiger partial charge in [-0.3, -0.25) is 24.1 Å². The van der Waals surface area contributed by atoms with Crippen molar-refractivity contribution in [3.63, 3.8) is 0 Å². The zero-order valence-electron chi connectivity index (χ0n) is 27.2. The van der Waals surface area contributed by atoms with Gasteiger partial charge < -0.3 is 5.32 Å². The number of piperidine rings is 1. The molecule has 0 spiro atoms. The van der Waals surface area contributed by atoms with Crippen LogP contribution < -0.4 is 5.32 Å². The van der Waals surface area contributed by atoms with E-state index >= 15 is 0 Å². The summed E-state index contributed by atoms with van der Waals surface area (Å²) in [6.07, 6.45) is -6.50. The van der Waals surface area contributed by atoms with E-state index in [0.29, 0.717) is 49.3 Å². The molecule has 2 fully saturated rings. The van der Waals surface area contributed by atoms with Crippen molar-refractivity contribution in [2.24, 2.45) is 10.9 Å². The first-order valence-corrected chi connectivity index (χ1v) is 17.6. The third-order valence-corrected chi connectivity index (χ3v) is 9.47. The SMILES string of the molecule is CCN(CC)CC#CCN=C1NC(=O)SC1=CC1CCN(Cc2ccc(C(F)(F)F)cc2C(F)(F)F)CC1.Cc1ccc(S(=O)(=O)O)cc1. The molecular weight excluding hydrogens is 695 g/mol. The fourth-order valence-corrected chi connectivity index (χ4v) is 6.25. The molecule has 16 heteroatoms. The second-order valence-electron chi connectivity index (χ2n) is 11.3. The van der Waals surface area contributed by atoms with Crippen LogP contribution in [-0.4, -0.2) is 73.1 Å². The predicted octanol–water partition coefficient (Wildman–Crippen LogP) is 7.26. The molecule has 268 valence electrons. The highest BCUT2D eigenvalue weighted by Gasteiger charge is 2.38. The van der Waals surface area contributed by atoms with Crippen LogP contribution in [0.15, 0.2) is 63.3 Å². The Hall–Kier alpha value is -3.36.